The number of carbonyl (C=O) groups excluding carboxylic acids is 1. The lowest BCUT2D eigenvalue weighted by Crippen LogP contribution is -2.32. The van der Waals surface area contributed by atoms with Crippen LogP contribution in [0.25, 0.3) is 11.3 Å². The average molecular weight is 408 g/mol. The number of nitrogens with one attached hydrogen (secondary N) is 2. The molecular weight excluding hydrogens is 384 g/mol. The zero-order valence-corrected chi connectivity index (χ0v) is 17.1. The first kappa shape index (κ1) is 20.9. The molecule has 30 heavy (non-hydrogen) atoms. The summed E-state index contributed by atoms with van der Waals surface area (Å²) < 4.78 is 15.9. The first-order valence-electron chi connectivity index (χ1n) is 9.39. The van der Waals surface area contributed by atoms with Crippen molar-refractivity contribution < 1.29 is 19.0 Å². The molecule has 0 atom stereocenters. The third-order valence-corrected chi connectivity index (χ3v) is 4.27. The van der Waals surface area contributed by atoms with Gasteiger partial charge in [-0.05, 0) is 55.0 Å². The minimum Gasteiger partial charge on any atom is -0.497 e. The molecule has 0 aliphatic rings. The largest absolute Gasteiger partial charge is 0.497 e. The van der Waals surface area contributed by atoms with E-state index < -0.39 is 0 Å². The Labute approximate surface area is 175 Å². The van der Waals surface area contributed by atoms with Gasteiger partial charge in [-0.25, -0.2) is 4.79 Å². The molecule has 0 bridgehead atoms. The molecular formula is C22H24N4O4. The first-order valence-corrected chi connectivity index (χ1v) is 9.39. The summed E-state index contributed by atoms with van der Waals surface area (Å²) in [6.45, 7) is 2.51. The number of anilines is 1. The van der Waals surface area contributed by atoms with Gasteiger partial charge in [0.2, 0.25) is 5.88 Å². The Hall–Kier alpha value is -3.81. The smallest absolute Gasteiger partial charge is 0.319 e. The number of rotatable bonds is 8. The van der Waals surface area contributed by atoms with Crippen LogP contribution in [0.15, 0.2) is 54.6 Å². The fourth-order valence-electron chi connectivity index (χ4n) is 2.72. The van der Waals surface area contributed by atoms with Gasteiger partial charge in [-0.1, -0.05) is 6.07 Å². The predicted octanol–water partition coefficient (Wildman–Crippen LogP) is 3.67. The van der Waals surface area contributed by atoms with Crippen LogP contribution in [0.2, 0.25) is 0 Å². The Morgan fingerprint density at radius 1 is 0.967 bits per heavy atom. The number of aryl methyl sites for hydroxylation is 1. The molecule has 8 heteroatoms. The molecule has 1 aromatic heterocycles. The van der Waals surface area contributed by atoms with Gasteiger partial charge in [0.15, 0.2) is 0 Å². The van der Waals surface area contributed by atoms with Gasteiger partial charge in [-0.2, -0.15) is 0 Å². The van der Waals surface area contributed by atoms with Gasteiger partial charge < -0.3 is 24.8 Å². The molecule has 0 fully saturated rings. The summed E-state index contributed by atoms with van der Waals surface area (Å²) in [5.41, 5.74) is 3.29. The summed E-state index contributed by atoms with van der Waals surface area (Å²) >= 11 is 0. The summed E-state index contributed by atoms with van der Waals surface area (Å²) in [6.07, 6.45) is 0. The number of aromatic nitrogens is 2. The Balaban J connectivity index is 1.45. The van der Waals surface area contributed by atoms with E-state index in [1.807, 2.05) is 55.5 Å². The van der Waals surface area contributed by atoms with Crippen LogP contribution in [0.5, 0.6) is 17.4 Å². The van der Waals surface area contributed by atoms with Crippen LogP contribution in [0, 0.1) is 6.92 Å². The van der Waals surface area contributed by atoms with Crippen molar-refractivity contribution in [3.8, 4) is 28.6 Å². The minimum absolute atomic E-state index is 0.259. The van der Waals surface area contributed by atoms with E-state index in [4.69, 9.17) is 14.2 Å². The van der Waals surface area contributed by atoms with E-state index in [0.717, 1.165) is 22.6 Å². The number of benzene rings is 2. The molecule has 0 spiro atoms. The lowest BCUT2D eigenvalue weighted by molar-refractivity contribution is 0.246. The molecule has 3 rings (SSSR count). The van der Waals surface area contributed by atoms with E-state index >= 15 is 0 Å². The van der Waals surface area contributed by atoms with E-state index in [2.05, 4.69) is 20.8 Å². The Morgan fingerprint density at radius 2 is 1.77 bits per heavy atom. The van der Waals surface area contributed by atoms with Crippen molar-refractivity contribution in [1.29, 1.82) is 0 Å². The monoisotopic (exact) mass is 408 g/mol. The number of hydrogen-bond acceptors (Lipinski definition) is 6. The number of hydrogen-bond donors (Lipinski definition) is 2. The van der Waals surface area contributed by atoms with Crippen molar-refractivity contribution in [3.63, 3.8) is 0 Å². The molecule has 156 valence electrons. The highest BCUT2D eigenvalue weighted by Crippen LogP contribution is 2.25. The summed E-state index contributed by atoms with van der Waals surface area (Å²) in [5.74, 6) is 1.76. The van der Waals surface area contributed by atoms with Gasteiger partial charge >= 0.3 is 6.03 Å². The van der Waals surface area contributed by atoms with Crippen LogP contribution in [-0.2, 0) is 0 Å². The molecule has 0 radical (unpaired) electrons. The maximum Gasteiger partial charge on any atom is 0.319 e. The standard InChI is InChI=1S/C22H24N4O4/c1-15-4-10-20(29-3)19(14-15)24-22(27)23-12-13-30-21-11-9-18(25-26-21)16-5-7-17(28-2)8-6-16/h4-11,14H,12-13H2,1-3H3,(H2,23,24,27). The second-order valence-electron chi connectivity index (χ2n) is 6.42. The van der Waals surface area contributed by atoms with Crippen molar-refractivity contribution in [3.05, 3.63) is 60.2 Å². The number of ether oxygens (including phenoxy) is 3. The lowest BCUT2D eigenvalue weighted by Gasteiger charge is -2.12. The fraction of sp³-hybridized carbons (Fsp3) is 0.227. The van der Waals surface area contributed by atoms with E-state index in [0.29, 0.717) is 23.9 Å². The van der Waals surface area contributed by atoms with Crippen molar-refractivity contribution in [1.82, 2.24) is 15.5 Å². The third kappa shape index (κ3) is 5.60. The topological polar surface area (TPSA) is 94.6 Å². The summed E-state index contributed by atoms with van der Waals surface area (Å²) in [5, 5.41) is 13.7. The molecule has 3 aromatic rings. The number of nitrogens with zero attached hydrogens (tertiary/aromatic N) is 2. The minimum atomic E-state index is -0.344. The molecule has 1 heterocycles. The lowest BCUT2D eigenvalue weighted by atomic mass is 10.1. The maximum absolute atomic E-state index is 12.1. The quantitative estimate of drug-likeness (QED) is 0.552. The molecule has 2 aromatic carbocycles. The van der Waals surface area contributed by atoms with Gasteiger partial charge in [-0.15, -0.1) is 10.2 Å². The van der Waals surface area contributed by atoms with Gasteiger partial charge in [0.25, 0.3) is 0 Å². The van der Waals surface area contributed by atoms with Crippen molar-refractivity contribution >= 4 is 11.7 Å². The average Bonchev–Trinajstić information content (AvgIpc) is 2.77. The van der Waals surface area contributed by atoms with Crippen LogP contribution >= 0.6 is 0 Å². The van der Waals surface area contributed by atoms with Gasteiger partial charge in [0, 0.05) is 11.6 Å². The first-order chi connectivity index (χ1) is 14.6. The maximum atomic E-state index is 12.1. The third-order valence-electron chi connectivity index (χ3n) is 4.27. The summed E-state index contributed by atoms with van der Waals surface area (Å²) in [7, 11) is 3.18. The highest BCUT2D eigenvalue weighted by molar-refractivity contribution is 5.91. The fourth-order valence-corrected chi connectivity index (χ4v) is 2.72. The summed E-state index contributed by atoms with van der Waals surface area (Å²) in [4.78, 5) is 12.1. The molecule has 0 aliphatic carbocycles. The molecule has 0 saturated heterocycles. The normalized spacial score (nSPS) is 10.2. The van der Waals surface area contributed by atoms with Gasteiger partial charge in [0.1, 0.15) is 18.1 Å². The molecule has 0 unspecified atom stereocenters. The van der Waals surface area contributed by atoms with Crippen LogP contribution in [-0.4, -0.2) is 43.6 Å². The second kappa shape index (κ2) is 10.1. The zero-order chi connectivity index (χ0) is 21.3. The molecule has 0 saturated carbocycles. The van der Waals surface area contributed by atoms with Crippen LogP contribution in [0.3, 0.4) is 0 Å². The van der Waals surface area contributed by atoms with Gasteiger partial charge in [0.05, 0.1) is 32.1 Å². The molecule has 2 N–H and O–H groups in total. The van der Waals surface area contributed by atoms with E-state index in [1.165, 1.54) is 0 Å². The predicted molar refractivity (Wildman–Crippen MR) is 114 cm³/mol. The highest BCUT2D eigenvalue weighted by atomic mass is 16.5. The zero-order valence-electron chi connectivity index (χ0n) is 17.1. The van der Waals surface area contributed by atoms with Crippen molar-refractivity contribution in [2.75, 3.05) is 32.7 Å². The Morgan fingerprint density at radius 3 is 2.43 bits per heavy atom. The second-order valence-corrected chi connectivity index (χ2v) is 6.42. The molecule has 8 nitrogen and oxygen atoms in total. The van der Waals surface area contributed by atoms with E-state index in [1.54, 1.807) is 20.3 Å². The van der Waals surface area contributed by atoms with Crippen molar-refractivity contribution in [2.24, 2.45) is 0 Å². The van der Waals surface area contributed by atoms with Crippen LogP contribution in [0.4, 0.5) is 10.5 Å². The van der Waals surface area contributed by atoms with E-state index in [-0.39, 0.29) is 12.6 Å². The van der Waals surface area contributed by atoms with Crippen LogP contribution < -0.4 is 24.8 Å². The molecule has 2 amide bonds. The SMILES string of the molecule is COc1ccc(-c2ccc(OCCNC(=O)Nc3cc(C)ccc3OC)nn2)cc1. The summed E-state index contributed by atoms with van der Waals surface area (Å²) in [6, 6.07) is 16.3. The highest BCUT2D eigenvalue weighted by Gasteiger charge is 2.08. The van der Waals surface area contributed by atoms with Crippen molar-refractivity contribution in [2.45, 2.75) is 6.92 Å². The van der Waals surface area contributed by atoms with E-state index in [9.17, 15) is 4.79 Å². The number of amides is 2. The van der Waals surface area contributed by atoms with Crippen LogP contribution in [0.1, 0.15) is 5.56 Å². The Kier molecular flexibility index (Phi) is 7.05. The van der Waals surface area contributed by atoms with Gasteiger partial charge in [-0.3, -0.25) is 0 Å². The number of carbonyl (C=O) groups is 1. The Bertz CT molecular complexity index is 975. The molecule has 0 aliphatic heterocycles. The number of urea groups is 1. The number of methoxy groups -OCH3 is 2.